The molecule has 0 radical (unpaired) electrons. The molecule has 20 heavy (non-hydrogen) atoms. The van der Waals surface area contributed by atoms with Crippen molar-refractivity contribution in [1.29, 1.82) is 0 Å². The number of hydrogen-bond donors (Lipinski definition) is 1. The summed E-state index contributed by atoms with van der Waals surface area (Å²) in [6.07, 6.45) is 0. The molecular weight excluding hydrogens is 299 g/mol. The summed E-state index contributed by atoms with van der Waals surface area (Å²) < 4.78 is 6.66. The van der Waals surface area contributed by atoms with Gasteiger partial charge in [-0.3, -0.25) is 4.57 Å². The van der Waals surface area contributed by atoms with Crippen LogP contribution in [0.1, 0.15) is 5.56 Å². The first-order valence-corrected chi connectivity index (χ1v) is 6.63. The maximum absolute atomic E-state index is 11.9. The van der Waals surface area contributed by atoms with Gasteiger partial charge < -0.3 is 10.2 Å². The van der Waals surface area contributed by atoms with Gasteiger partial charge >= 0.3 is 5.76 Å². The fourth-order valence-corrected chi connectivity index (χ4v) is 2.52. The molecule has 0 saturated heterocycles. The summed E-state index contributed by atoms with van der Waals surface area (Å²) in [5, 5.41) is 1.05. The van der Waals surface area contributed by atoms with Gasteiger partial charge in [0.2, 0.25) is 0 Å². The van der Waals surface area contributed by atoms with Crippen molar-refractivity contribution in [3.63, 3.8) is 0 Å². The molecule has 4 nitrogen and oxygen atoms in total. The van der Waals surface area contributed by atoms with Gasteiger partial charge in [-0.1, -0.05) is 29.3 Å². The summed E-state index contributed by atoms with van der Waals surface area (Å²) in [7, 11) is 0. The zero-order chi connectivity index (χ0) is 14.3. The summed E-state index contributed by atoms with van der Waals surface area (Å²) in [6.45, 7) is 0.297. The van der Waals surface area contributed by atoms with Crippen LogP contribution in [0.25, 0.3) is 11.1 Å². The average molecular weight is 309 g/mol. The van der Waals surface area contributed by atoms with E-state index in [0.29, 0.717) is 33.4 Å². The predicted octanol–water partition coefficient (Wildman–Crippen LogP) is 3.53. The van der Waals surface area contributed by atoms with E-state index in [4.69, 9.17) is 33.4 Å². The Kier molecular flexibility index (Phi) is 3.20. The molecule has 0 aliphatic carbocycles. The lowest BCUT2D eigenvalue weighted by atomic mass is 10.2. The van der Waals surface area contributed by atoms with Crippen molar-refractivity contribution in [2.75, 3.05) is 5.73 Å². The van der Waals surface area contributed by atoms with Crippen LogP contribution in [0.3, 0.4) is 0 Å². The largest absolute Gasteiger partial charge is 0.420 e. The van der Waals surface area contributed by atoms with Crippen LogP contribution in [0.4, 0.5) is 5.69 Å². The molecule has 0 bridgehead atoms. The highest BCUT2D eigenvalue weighted by Gasteiger charge is 2.11. The predicted molar refractivity (Wildman–Crippen MR) is 80.5 cm³/mol. The molecule has 0 amide bonds. The van der Waals surface area contributed by atoms with E-state index in [-0.39, 0.29) is 0 Å². The van der Waals surface area contributed by atoms with Crippen molar-refractivity contribution in [1.82, 2.24) is 4.57 Å². The summed E-state index contributed by atoms with van der Waals surface area (Å²) in [6, 6.07) is 10.2. The van der Waals surface area contributed by atoms with Crippen molar-refractivity contribution in [3.8, 4) is 0 Å². The molecule has 0 aliphatic heterocycles. The van der Waals surface area contributed by atoms with Crippen LogP contribution in [0.5, 0.6) is 0 Å². The molecule has 0 atom stereocenters. The Hall–Kier alpha value is -1.91. The third-order valence-corrected chi connectivity index (χ3v) is 3.62. The van der Waals surface area contributed by atoms with Crippen LogP contribution in [0.15, 0.2) is 45.6 Å². The second kappa shape index (κ2) is 4.89. The normalized spacial score (nSPS) is 11.1. The zero-order valence-electron chi connectivity index (χ0n) is 10.3. The van der Waals surface area contributed by atoms with Crippen molar-refractivity contribution >= 4 is 40.0 Å². The van der Waals surface area contributed by atoms with Gasteiger partial charge in [-0.15, -0.1) is 0 Å². The lowest BCUT2D eigenvalue weighted by Gasteiger charge is -2.06. The van der Waals surface area contributed by atoms with E-state index < -0.39 is 5.76 Å². The molecule has 0 fully saturated rings. The van der Waals surface area contributed by atoms with Gasteiger partial charge in [-0.05, 0) is 35.9 Å². The average Bonchev–Trinajstić information content (AvgIpc) is 2.69. The molecule has 0 aliphatic rings. The van der Waals surface area contributed by atoms with Gasteiger partial charge in [0.1, 0.15) is 0 Å². The van der Waals surface area contributed by atoms with Crippen LogP contribution >= 0.6 is 23.2 Å². The number of halogens is 2. The van der Waals surface area contributed by atoms with Gasteiger partial charge in [0.25, 0.3) is 0 Å². The molecule has 0 spiro atoms. The number of fused-ring (bicyclic) bond motifs is 1. The maximum Gasteiger partial charge on any atom is 0.420 e. The second-order valence-corrected chi connectivity index (χ2v) is 5.26. The standard InChI is InChI=1S/C14H10Cl2N2O2/c15-9-2-1-8(11(16)5-9)7-18-12-6-10(17)3-4-13(12)20-14(18)19/h1-6H,7,17H2. The molecule has 0 unspecified atom stereocenters. The highest BCUT2D eigenvalue weighted by Crippen LogP contribution is 2.23. The molecule has 3 aromatic rings. The first-order valence-electron chi connectivity index (χ1n) is 5.87. The van der Waals surface area contributed by atoms with Crippen LogP contribution < -0.4 is 11.5 Å². The smallest absolute Gasteiger partial charge is 0.408 e. The van der Waals surface area contributed by atoms with E-state index in [1.54, 1.807) is 36.4 Å². The Labute approximate surface area is 124 Å². The summed E-state index contributed by atoms with van der Waals surface area (Å²) >= 11 is 12.0. The minimum atomic E-state index is -0.448. The number of nitrogens with zero attached hydrogens (tertiary/aromatic N) is 1. The first kappa shape index (κ1) is 13.1. The van der Waals surface area contributed by atoms with E-state index >= 15 is 0 Å². The highest BCUT2D eigenvalue weighted by atomic mass is 35.5. The van der Waals surface area contributed by atoms with Gasteiger partial charge in [-0.2, -0.15) is 0 Å². The molecule has 0 saturated carbocycles. The number of nitrogen functional groups attached to an aromatic ring is 1. The molecule has 1 aromatic heterocycles. The van der Waals surface area contributed by atoms with Crippen molar-refractivity contribution in [2.24, 2.45) is 0 Å². The lowest BCUT2D eigenvalue weighted by molar-refractivity contribution is 0.518. The molecule has 2 aromatic carbocycles. The van der Waals surface area contributed by atoms with Crippen LogP contribution in [0, 0.1) is 0 Å². The summed E-state index contributed by atoms with van der Waals surface area (Å²) in [5.74, 6) is -0.448. The minimum Gasteiger partial charge on any atom is -0.408 e. The molecule has 6 heteroatoms. The van der Waals surface area contributed by atoms with E-state index in [1.165, 1.54) is 4.57 Å². The molecule has 3 rings (SSSR count). The topological polar surface area (TPSA) is 61.2 Å². The van der Waals surface area contributed by atoms with Gasteiger partial charge in [0.05, 0.1) is 12.1 Å². The molecular formula is C14H10Cl2N2O2. The van der Waals surface area contributed by atoms with Crippen LogP contribution in [0.2, 0.25) is 10.0 Å². The number of benzene rings is 2. The van der Waals surface area contributed by atoms with E-state index in [2.05, 4.69) is 0 Å². The third-order valence-electron chi connectivity index (χ3n) is 3.04. The second-order valence-electron chi connectivity index (χ2n) is 4.42. The van der Waals surface area contributed by atoms with E-state index in [9.17, 15) is 4.79 Å². The lowest BCUT2D eigenvalue weighted by Crippen LogP contribution is -2.15. The van der Waals surface area contributed by atoms with Crippen molar-refractivity contribution in [3.05, 3.63) is 62.6 Å². The Morgan fingerprint density at radius 1 is 1.15 bits per heavy atom. The Balaban J connectivity index is 2.12. The summed E-state index contributed by atoms with van der Waals surface area (Å²) in [4.78, 5) is 11.9. The van der Waals surface area contributed by atoms with Crippen molar-refractivity contribution < 1.29 is 4.42 Å². The Morgan fingerprint density at radius 3 is 2.70 bits per heavy atom. The van der Waals surface area contributed by atoms with Crippen LogP contribution in [-0.4, -0.2) is 4.57 Å². The molecule has 102 valence electrons. The number of aromatic nitrogens is 1. The minimum absolute atomic E-state index is 0.297. The van der Waals surface area contributed by atoms with Gasteiger partial charge in [-0.25, -0.2) is 4.79 Å². The quantitative estimate of drug-likeness (QED) is 0.737. The zero-order valence-corrected chi connectivity index (χ0v) is 11.8. The van der Waals surface area contributed by atoms with E-state index in [1.807, 2.05) is 0 Å². The fourth-order valence-electron chi connectivity index (χ4n) is 2.05. The number of hydrogen-bond acceptors (Lipinski definition) is 3. The Morgan fingerprint density at radius 2 is 1.95 bits per heavy atom. The van der Waals surface area contributed by atoms with Gasteiger partial charge in [0, 0.05) is 15.7 Å². The summed E-state index contributed by atoms with van der Waals surface area (Å²) in [5.41, 5.74) is 8.22. The highest BCUT2D eigenvalue weighted by molar-refractivity contribution is 6.35. The Bertz CT molecular complexity index is 852. The number of nitrogens with two attached hydrogens (primary N) is 1. The van der Waals surface area contributed by atoms with Gasteiger partial charge in [0.15, 0.2) is 5.58 Å². The SMILES string of the molecule is Nc1ccc2oc(=O)n(Cc3ccc(Cl)cc3Cl)c2c1. The van der Waals surface area contributed by atoms with Crippen molar-refractivity contribution in [2.45, 2.75) is 6.54 Å². The third kappa shape index (κ3) is 2.28. The number of anilines is 1. The number of rotatable bonds is 2. The maximum atomic E-state index is 11.9. The first-order chi connectivity index (χ1) is 9.54. The monoisotopic (exact) mass is 308 g/mol. The molecule has 2 N–H and O–H groups in total. The number of oxazole rings is 1. The molecule has 1 heterocycles. The van der Waals surface area contributed by atoms with E-state index in [0.717, 1.165) is 5.56 Å². The van der Waals surface area contributed by atoms with Crippen LogP contribution in [-0.2, 0) is 6.54 Å². The fraction of sp³-hybridized carbons (Fsp3) is 0.0714.